The Morgan fingerprint density at radius 3 is 2.28 bits per heavy atom. The molecule has 0 aliphatic carbocycles. The molecule has 1 aromatic carbocycles. The van der Waals surface area contributed by atoms with Crippen LogP contribution in [0.15, 0.2) is 18.2 Å². The first-order chi connectivity index (χ1) is 8.39. The van der Waals surface area contributed by atoms with Crippen LogP contribution in [0.4, 0.5) is 5.69 Å². The molecule has 1 aromatic rings. The fraction of sp³-hybridized carbons (Fsp3) is 0.500. The van der Waals surface area contributed by atoms with Gasteiger partial charge in [-0.3, -0.25) is 0 Å². The molecule has 0 N–H and O–H groups in total. The molecule has 6 heteroatoms. The van der Waals surface area contributed by atoms with Crippen LogP contribution in [0.3, 0.4) is 0 Å². The second kappa shape index (κ2) is 5.07. The third-order valence-electron chi connectivity index (χ3n) is 3.46. The van der Waals surface area contributed by atoms with Gasteiger partial charge in [-0.25, -0.2) is 0 Å². The van der Waals surface area contributed by atoms with E-state index in [1.54, 1.807) is 0 Å². The molecule has 1 heterocycles. The van der Waals surface area contributed by atoms with Crippen LogP contribution in [-0.2, 0) is 9.24 Å². The molecule has 18 heavy (non-hydrogen) atoms. The number of piperazine rings is 1. The predicted molar refractivity (Wildman–Crippen MR) is 74.5 cm³/mol. The molecule has 0 unspecified atom stereocenters. The van der Waals surface area contributed by atoms with Crippen molar-refractivity contribution in [3.05, 3.63) is 29.3 Å². The smallest absolute Gasteiger partial charge is 0.299 e. The van der Waals surface area contributed by atoms with Crippen molar-refractivity contribution in [1.29, 1.82) is 0 Å². The maximum Gasteiger partial charge on any atom is 0.299 e. The molecule has 0 radical (unpaired) electrons. The lowest BCUT2D eigenvalue weighted by Crippen LogP contribution is -2.47. The topological polar surface area (TPSA) is 40.6 Å². The predicted octanol–water partition coefficient (Wildman–Crippen LogP) is 1.91. The van der Waals surface area contributed by atoms with E-state index in [0.29, 0.717) is 26.2 Å². The highest BCUT2D eigenvalue weighted by Crippen LogP contribution is 2.24. The van der Waals surface area contributed by atoms with Crippen molar-refractivity contribution in [3.63, 3.8) is 0 Å². The first-order valence-electron chi connectivity index (χ1n) is 5.90. The Balaban J connectivity index is 2.13. The Morgan fingerprint density at radius 2 is 1.72 bits per heavy atom. The van der Waals surface area contributed by atoms with E-state index in [2.05, 4.69) is 30.9 Å². The molecule has 2 rings (SSSR count). The van der Waals surface area contributed by atoms with Crippen LogP contribution in [0.1, 0.15) is 11.1 Å². The lowest BCUT2D eigenvalue weighted by molar-refractivity contribution is 0.393. The van der Waals surface area contributed by atoms with Crippen LogP contribution in [0.25, 0.3) is 0 Å². The number of nitrogens with zero attached hydrogens (tertiary/aromatic N) is 2. The van der Waals surface area contributed by atoms with E-state index >= 15 is 0 Å². The second-order valence-electron chi connectivity index (χ2n) is 4.55. The SMILES string of the molecule is Cc1cccc(N2CCN(S(=O)(=O)Cl)CC2)c1C. The van der Waals surface area contributed by atoms with Gasteiger partial charge in [0.05, 0.1) is 0 Å². The number of benzene rings is 1. The number of anilines is 1. The lowest BCUT2D eigenvalue weighted by Gasteiger charge is -2.35. The Labute approximate surface area is 113 Å². The van der Waals surface area contributed by atoms with Gasteiger partial charge in [0, 0.05) is 42.5 Å². The van der Waals surface area contributed by atoms with Crippen LogP contribution in [-0.4, -0.2) is 38.9 Å². The molecule has 0 atom stereocenters. The summed E-state index contributed by atoms with van der Waals surface area (Å²) in [5.41, 5.74) is 3.68. The molecule has 1 aliphatic rings. The zero-order valence-electron chi connectivity index (χ0n) is 10.6. The number of hydrogen-bond donors (Lipinski definition) is 0. The molecule has 1 aliphatic heterocycles. The van der Waals surface area contributed by atoms with Crippen LogP contribution in [0.5, 0.6) is 0 Å². The summed E-state index contributed by atoms with van der Waals surface area (Å²) in [5, 5.41) is 0. The van der Waals surface area contributed by atoms with E-state index in [1.165, 1.54) is 21.1 Å². The van der Waals surface area contributed by atoms with Gasteiger partial charge in [0.25, 0.3) is 9.24 Å². The molecule has 100 valence electrons. The number of halogens is 1. The van der Waals surface area contributed by atoms with Gasteiger partial charge in [-0.05, 0) is 31.0 Å². The summed E-state index contributed by atoms with van der Waals surface area (Å²) in [6, 6.07) is 6.19. The first-order valence-corrected chi connectivity index (χ1v) is 8.17. The van der Waals surface area contributed by atoms with Crippen molar-refractivity contribution in [2.75, 3.05) is 31.1 Å². The van der Waals surface area contributed by atoms with Gasteiger partial charge >= 0.3 is 0 Å². The van der Waals surface area contributed by atoms with Crippen molar-refractivity contribution in [1.82, 2.24) is 4.31 Å². The van der Waals surface area contributed by atoms with E-state index in [4.69, 9.17) is 10.7 Å². The van der Waals surface area contributed by atoms with Crippen LogP contribution >= 0.6 is 10.7 Å². The van der Waals surface area contributed by atoms with Crippen molar-refractivity contribution < 1.29 is 8.42 Å². The molecule has 0 spiro atoms. The van der Waals surface area contributed by atoms with Crippen molar-refractivity contribution in [2.45, 2.75) is 13.8 Å². The van der Waals surface area contributed by atoms with Gasteiger partial charge in [0.15, 0.2) is 0 Å². The molecule has 0 bridgehead atoms. The Hall–Kier alpha value is -0.780. The van der Waals surface area contributed by atoms with Gasteiger partial charge in [-0.15, -0.1) is 0 Å². The van der Waals surface area contributed by atoms with Crippen molar-refractivity contribution >= 4 is 25.6 Å². The largest absolute Gasteiger partial charge is 0.369 e. The fourth-order valence-electron chi connectivity index (χ4n) is 2.23. The minimum Gasteiger partial charge on any atom is -0.369 e. The average Bonchev–Trinajstić information content (AvgIpc) is 2.32. The quantitative estimate of drug-likeness (QED) is 0.781. The first kappa shape index (κ1) is 13.6. The summed E-state index contributed by atoms with van der Waals surface area (Å²) in [6.45, 7) is 6.42. The summed E-state index contributed by atoms with van der Waals surface area (Å²) < 4.78 is 23.8. The van der Waals surface area contributed by atoms with E-state index in [9.17, 15) is 8.42 Å². The third-order valence-corrected chi connectivity index (χ3v) is 5.03. The average molecular weight is 289 g/mol. The van der Waals surface area contributed by atoms with E-state index in [1.807, 2.05) is 6.07 Å². The molecule has 4 nitrogen and oxygen atoms in total. The van der Waals surface area contributed by atoms with E-state index < -0.39 is 9.24 Å². The van der Waals surface area contributed by atoms with Gasteiger partial charge in [0.1, 0.15) is 0 Å². The van der Waals surface area contributed by atoms with Gasteiger partial charge < -0.3 is 4.90 Å². The Morgan fingerprint density at radius 1 is 1.11 bits per heavy atom. The summed E-state index contributed by atoms with van der Waals surface area (Å²) in [4.78, 5) is 2.21. The third kappa shape index (κ3) is 2.79. The number of rotatable bonds is 2. The normalized spacial score (nSPS) is 18.1. The summed E-state index contributed by atoms with van der Waals surface area (Å²) in [5.74, 6) is 0. The van der Waals surface area contributed by atoms with Crippen LogP contribution < -0.4 is 4.90 Å². The lowest BCUT2D eigenvalue weighted by atomic mass is 10.1. The molecule has 0 aromatic heterocycles. The van der Waals surface area contributed by atoms with Gasteiger partial charge in [-0.1, -0.05) is 12.1 Å². The van der Waals surface area contributed by atoms with Crippen LogP contribution in [0, 0.1) is 13.8 Å². The Bertz CT molecular complexity index is 537. The summed E-state index contributed by atoms with van der Waals surface area (Å²) >= 11 is 0. The van der Waals surface area contributed by atoms with Crippen molar-refractivity contribution in [3.8, 4) is 0 Å². The molecular weight excluding hydrogens is 272 g/mol. The zero-order chi connectivity index (χ0) is 13.3. The maximum atomic E-state index is 11.2. The minimum absolute atomic E-state index is 0.444. The number of hydrogen-bond acceptors (Lipinski definition) is 3. The fourth-order valence-corrected chi connectivity index (χ4v) is 3.24. The number of aryl methyl sites for hydroxylation is 1. The van der Waals surface area contributed by atoms with E-state index in [0.717, 1.165) is 0 Å². The monoisotopic (exact) mass is 288 g/mol. The molecule has 0 amide bonds. The molecular formula is C12H17ClN2O2S. The minimum atomic E-state index is -3.57. The highest BCUT2D eigenvalue weighted by molar-refractivity contribution is 8.11. The highest BCUT2D eigenvalue weighted by atomic mass is 35.7. The summed E-state index contributed by atoms with van der Waals surface area (Å²) in [6.07, 6.45) is 0. The standard InChI is InChI=1S/C12H17ClN2O2S/c1-10-4-3-5-12(11(10)2)14-6-8-15(9-7-14)18(13,16)17/h3-5H,6-9H2,1-2H3. The van der Waals surface area contributed by atoms with Crippen molar-refractivity contribution in [2.24, 2.45) is 0 Å². The van der Waals surface area contributed by atoms with E-state index in [-0.39, 0.29) is 0 Å². The zero-order valence-corrected chi connectivity index (χ0v) is 12.1. The van der Waals surface area contributed by atoms with Crippen LogP contribution in [0.2, 0.25) is 0 Å². The molecule has 1 saturated heterocycles. The molecule has 1 fully saturated rings. The molecule has 0 saturated carbocycles. The Kier molecular flexibility index (Phi) is 3.84. The highest BCUT2D eigenvalue weighted by Gasteiger charge is 2.25. The maximum absolute atomic E-state index is 11.2. The second-order valence-corrected chi connectivity index (χ2v) is 7.06. The summed E-state index contributed by atoms with van der Waals surface area (Å²) in [7, 11) is 1.77. The van der Waals surface area contributed by atoms with Gasteiger partial charge in [-0.2, -0.15) is 12.7 Å². The van der Waals surface area contributed by atoms with Gasteiger partial charge in [0.2, 0.25) is 0 Å².